The Balaban J connectivity index is 2.41. The molecule has 1 nitrogen and oxygen atoms in total. The van der Waals surface area contributed by atoms with Crippen LogP contribution in [-0.4, -0.2) is 6.54 Å². The first-order valence-corrected chi connectivity index (χ1v) is 4.53. The molecule has 0 saturated heterocycles. The Hall–Kier alpha value is -0.340. The van der Waals surface area contributed by atoms with Gasteiger partial charge in [0, 0.05) is 23.9 Å². The first-order valence-electron chi connectivity index (χ1n) is 3.65. The summed E-state index contributed by atoms with van der Waals surface area (Å²) in [6, 6.07) is 2.22. The van der Waals surface area contributed by atoms with Crippen molar-refractivity contribution in [2.24, 2.45) is 0 Å². The Bertz CT molecular complexity index is 229. The Morgan fingerprint density at radius 1 is 1.70 bits per heavy atom. The van der Waals surface area contributed by atoms with Crippen molar-refractivity contribution in [1.82, 2.24) is 5.32 Å². The molecule has 0 radical (unpaired) electrons. The molecule has 0 unspecified atom stereocenters. The first-order chi connectivity index (χ1) is 4.88. The number of hydrogen-bond acceptors (Lipinski definition) is 2. The molecule has 0 bridgehead atoms. The number of fused-ring (bicyclic) bond motifs is 1. The van der Waals surface area contributed by atoms with E-state index in [0.717, 1.165) is 19.0 Å². The zero-order valence-electron chi connectivity index (χ0n) is 6.05. The molecule has 1 atom stereocenters. The summed E-state index contributed by atoms with van der Waals surface area (Å²) >= 11 is 1.89. The van der Waals surface area contributed by atoms with Crippen LogP contribution in [-0.2, 0) is 6.54 Å². The minimum absolute atomic E-state index is 0.726. The third kappa shape index (κ3) is 0.879. The summed E-state index contributed by atoms with van der Waals surface area (Å²) in [7, 11) is 0. The lowest BCUT2D eigenvalue weighted by molar-refractivity contribution is 0.581. The fourth-order valence-corrected chi connectivity index (χ4v) is 2.43. The molecule has 2 heterocycles. The second-order valence-electron chi connectivity index (χ2n) is 2.84. The van der Waals surface area contributed by atoms with E-state index in [-0.39, 0.29) is 0 Å². The van der Waals surface area contributed by atoms with Gasteiger partial charge in [-0.15, -0.1) is 11.3 Å². The number of nitrogens with one attached hydrogen (secondary N) is 1. The van der Waals surface area contributed by atoms with Gasteiger partial charge in [0.05, 0.1) is 0 Å². The van der Waals surface area contributed by atoms with Gasteiger partial charge in [0.15, 0.2) is 0 Å². The van der Waals surface area contributed by atoms with Gasteiger partial charge in [0.1, 0.15) is 0 Å². The average Bonchev–Trinajstić information content (AvgIpc) is 2.36. The van der Waals surface area contributed by atoms with Gasteiger partial charge >= 0.3 is 0 Å². The standard InChI is InChI=1S/C8H11NS/c1-6-4-9-5-7-2-3-10-8(6)7/h2-3,6,9H,4-5H2,1H3/t6-/m1/s1. The lowest BCUT2D eigenvalue weighted by Crippen LogP contribution is -2.24. The van der Waals surface area contributed by atoms with E-state index < -0.39 is 0 Å². The van der Waals surface area contributed by atoms with Crippen LogP contribution in [0.1, 0.15) is 23.3 Å². The fraction of sp³-hybridized carbons (Fsp3) is 0.500. The van der Waals surface area contributed by atoms with E-state index in [1.54, 1.807) is 4.88 Å². The van der Waals surface area contributed by atoms with E-state index in [2.05, 4.69) is 23.7 Å². The lowest BCUT2D eigenvalue weighted by Gasteiger charge is -2.18. The quantitative estimate of drug-likeness (QED) is 0.600. The summed E-state index contributed by atoms with van der Waals surface area (Å²) in [6.07, 6.45) is 0. The molecule has 2 rings (SSSR count). The predicted molar refractivity (Wildman–Crippen MR) is 44.4 cm³/mol. The van der Waals surface area contributed by atoms with Gasteiger partial charge in [-0.2, -0.15) is 0 Å². The SMILES string of the molecule is C[C@@H]1CNCc2ccsc21. The smallest absolute Gasteiger partial charge is 0.0216 e. The maximum Gasteiger partial charge on any atom is 0.0216 e. The number of hydrogen-bond donors (Lipinski definition) is 1. The van der Waals surface area contributed by atoms with Crippen LogP contribution in [0.5, 0.6) is 0 Å². The predicted octanol–water partition coefficient (Wildman–Crippen LogP) is 1.95. The molecule has 1 aliphatic heterocycles. The van der Waals surface area contributed by atoms with Crippen molar-refractivity contribution in [3.8, 4) is 0 Å². The van der Waals surface area contributed by atoms with Crippen molar-refractivity contribution in [1.29, 1.82) is 0 Å². The number of rotatable bonds is 0. The van der Waals surface area contributed by atoms with Crippen molar-refractivity contribution in [3.05, 3.63) is 21.9 Å². The normalized spacial score (nSPS) is 24.3. The van der Waals surface area contributed by atoms with Crippen LogP contribution in [0.4, 0.5) is 0 Å². The molecule has 0 aliphatic carbocycles. The average molecular weight is 153 g/mol. The Morgan fingerprint density at radius 2 is 2.60 bits per heavy atom. The third-order valence-corrected chi connectivity index (χ3v) is 3.18. The summed E-state index contributed by atoms with van der Waals surface area (Å²) in [5.74, 6) is 0.726. The molecule has 0 spiro atoms. The molecule has 0 saturated carbocycles. The van der Waals surface area contributed by atoms with Gasteiger partial charge in [0.25, 0.3) is 0 Å². The highest BCUT2D eigenvalue weighted by atomic mass is 32.1. The van der Waals surface area contributed by atoms with Gasteiger partial charge in [-0.05, 0) is 17.0 Å². The summed E-state index contributed by atoms with van der Waals surface area (Å²) in [5, 5.41) is 5.57. The minimum atomic E-state index is 0.726. The van der Waals surface area contributed by atoms with Crippen LogP contribution in [0.3, 0.4) is 0 Å². The van der Waals surface area contributed by atoms with Gasteiger partial charge in [-0.3, -0.25) is 0 Å². The highest BCUT2D eigenvalue weighted by Crippen LogP contribution is 2.28. The molecular formula is C8H11NS. The fourth-order valence-electron chi connectivity index (χ4n) is 1.44. The Morgan fingerprint density at radius 3 is 3.40 bits per heavy atom. The van der Waals surface area contributed by atoms with Crippen molar-refractivity contribution >= 4 is 11.3 Å². The third-order valence-electron chi connectivity index (χ3n) is 1.99. The van der Waals surface area contributed by atoms with Crippen molar-refractivity contribution < 1.29 is 0 Å². The van der Waals surface area contributed by atoms with Crippen molar-refractivity contribution in [3.63, 3.8) is 0 Å². The molecule has 1 aromatic rings. The molecule has 0 fully saturated rings. The van der Waals surface area contributed by atoms with Crippen LogP contribution < -0.4 is 5.32 Å². The topological polar surface area (TPSA) is 12.0 Å². The second-order valence-corrected chi connectivity index (χ2v) is 3.79. The molecule has 0 aromatic carbocycles. The molecular weight excluding hydrogens is 142 g/mol. The summed E-state index contributed by atoms with van der Waals surface area (Å²) in [5.41, 5.74) is 1.50. The first kappa shape index (κ1) is 6.38. The van der Waals surface area contributed by atoms with Crippen molar-refractivity contribution in [2.75, 3.05) is 6.54 Å². The summed E-state index contributed by atoms with van der Waals surface area (Å²) in [6.45, 7) is 4.50. The van der Waals surface area contributed by atoms with Crippen LogP contribution >= 0.6 is 11.3 Å². The van der Waals surface area contributed by atoms with E-state index in [4.69, 9.17) is 0 Å². The van der Waals surface area contributed by atoms with Gasteiger partial charge < -0.3 is 5.32 Å². The molecule has 2 heteroatoms. The van der Waals surface area contributed by atoms with E-state index >= 15 is 0 Å². The van der Waals surface area contributed by atoms with E-state index in [0.29, 0.717) is 0 Å². The zero-order valence-corrected chi connectivity index (χ0v) is 6.87. The zero-order chi connectivity index (χ0) is 6.97. The molecule has 54 valence electrons. The minimum Gasteiger partial charge on any atom is -0.312 e. The van der Waals surface area contributed by atoms with Crippen LogP contribution in [0.25, 0.3) is 0 Å². The maximum atomic E-state index is 3.38. The maximum absolute atomic E-state index is 3.38. The largest absolute Gasteiger partial charge is 0.312 e. The van der Waals surface area contributed by atoms with E-state index in [1.165, 1.54) is 5.56 Å². The lowest BCUT2D eigenvalue weighted by atomic mass is 10.0. The van der Waals surface area contributed by atoms with E-state index in [1.807, 2.05) is 11.3 Å². The monoisotopic (exact) mass is 153 g/mol. The van der Waals surface area contributed by atoms with Crippen LogP contribution in [0.15, 0.2) is 11.4 Å². The highest BCUT2D eigenvalue weighted by Gasteiger charge is 2.15. The number of thiophene rings is 1. The van der Waals surface area contributed by atoms with Crippen molar-refractivity contribution in [2.45, 2.75) is 19.4 Å². The molecule has 1 aliphatic rings. The molecule has 10 heavy (non-hydrogen) atoms. The molecule has 1 aromatic heterocycles. The molecule has 1 N–H and O–H groups in total. The van der Waals surface area contributed by atoms with Crippen LogP contribution in [0.2, 0.25) is 0 Å². The van der Waals surface area contributed by atoms with Gasteiger partial charge in [0.2, 0.25) is 0 Å². The van der Waals surface area contributed by atoms with E-state index in [9.17, 15) is 0 Å². The molecule has 0 amide bonds. The highest BCUT2D eigenvalue weighted by molar-refractivity contribution is 7.10. The van der Waals surface area contributed by atoms with Crippen LogP contribution in [0, 0.1) is 0 Å². The summed E-state index contributed by atoms with van der Waals surface area (Å²) < 4.78 is 0. The van der Waals surface area contributed by atoms with Gasteiger partial charge in [-0.25, -0.2) is 0 Å². The Labute approximate surface area is 65.1 Å². The Kier molecular flexibility index (Phi) is 1.51. The van der Waals surface area contributed by atoms with Gasteiger partial charge in [-0.1, -0.05) is 6.92 Å². The summed E-state index contributed by atoms with van der Waals surface area (Å²) in [4.78, 5) is 1.58. The second kappa shape index (κ2) is 2.36.